The Labute approximate surface area is 104 Å². The standard InChI is InChI=1S/C12H16F2N2O2/c1-2-16(8-7-15)11(17)9-5-3-4-6-10(9)18-12(13)14/h3-6,12H,2,7-8,15H2,1H3. The lowest BCUT2D eigenvalue weighted by Crippen LogP contribution is -2.35. The third kappa shape index (κ3) is 3.66. The molecule has 0 atom stereocenters. The highest BCUT2D eigenvalue weighted by atomic mass is 19.3. The zero-order chi connectivity index (χ0) is 13.5. The molecule has 1 amide bonds. The van der Waals surface area contributed by atoms with E-state index >= 15 is 0 Å². The van der Waals surface area contributed by atoms with Gasteiger partial charge in [0.15, 0.2) is 0 Å². The summed E-state index contributed by atoms with van der Waals surface area (Å²) in [5, 5.41) is 0. The van der Waals surface area contributed by atoms with Crippen molar-refractivity contribution >= 4 is 5.91 Å². The van der Waals surface area contributed by atoms with E-state index in [1.165, 1.54) is 23.1 Å². The van der Waals surface area contributed by atoms with Crippen molar-refractivity contribution in [3.8, 4) is 5.75 Å². The van der Waals surface area contributed by atoms with E-state index in [1.54, 1.807) is 13.0 Å². The Balaban J connectivity index is 2.96. The Morgan fingerprint density at radius 1 is 1.44 bits per heavy atom. The number of carbonyl (C=O) groups excluding carboxylic acids is 1. The van der Waals surface area contributed by atoms with Gasteiger partial charge >= 0.3 is 6.61 Å². The lowest BCUT2D eigenvalue weighted by Gasteiger charge is -2.21. The predicted molar refractivity (Wildman–Crippen MR) is 63.7 cm³/mol. The first-order chi connectivity index (χ1) is 8.60. The van der Waals surface area contributed by atoms with E-state index < -0.39 is 6.61 Å². The van der Waals surface area contributed by atoms with Gasteiger partial charge in [0.1, 0.15) is 5.75 Å². The van der Waals surface area contributed by atoms with Gasteiger partial charge in [-0.2, -0.15) is 8.78 Å². The maximum Gasteiger partial charge on any atom is 0.387 e. The second-order valence-electron chi connectivity index (χ2n) is 3.55. The molecule has 0 fully saturated rings. The van der Waals surface area contributed by atoms with Crippen molar-refractivity contribution in [2.24, 2.45) is 5.73 Å². The van der Waals surface area contributed by atoms with Crippen molar-refractivity contribution in [1.82, 2.24) is 4.90 Å². The van der Waals surface area contributed by atoms with Crippen molar-refractivity contribution in [1.29, 1.82) is 0 Å². The van der Waals surface area contributed by atoms with E-state index in [4.69, 9.17) is 5.73 Å². The molecule has 4 nitrogen and oxygen atoms in total. The zero-order valence-corrected chi connectivity index (χ0v) is 10.1. The first kappa shape index (κ1) is 14.4. The van der Waals surface area contributed by atoms with Crippen LogP contribution in [0, 0.1) is 0 Å². The number of rotatable bonds is 6. The van der Waals surface area contributed by atoms with Crippen molar-refractivity contribution in [3.05, 3.63) is 29.8 Å². The summed E-state index contributed by atoms with van der Waals surface area (Å²) >= 11 is 0. The average molecular weight is 258 g/mol. The van der Waals surface area contributed by atoms with Gasteiger partial charge in [-0.25, -0.2) is 0 Å². The Morgan fingerprint density at radius 3 is 2.67 bits per heavy atom. The molecule has 0 spiro atoms. The molecule has 0 bridgehead atoms. The monoisotopic (exact) mass is 258 g/mol. The summed E-state index contributed by atoms with van der Waals surface area (Å²) in [4.78, 5) is 13.6. The summed E-state index contributed by atoms with van der Waals surface area (Å²) < 4.78 is 28.8. The van der Waals surface area contributed by atoms with E-state index in [-0.39, 0.29) is 17.2 Å². The number of halogens is 2. The maximum absolute atomic E-state index is 12.2. The molecular weight excluding hydrogens is 242 g/mol. The van der Waals surface area contributed by atoms with Crippen LogP contribution in [0.3, 0.4) is 0 Å². The van der Waals surface area contributed by atoms with Crippen LogP contribution in [0.2, 0.25) is 0 Å². The number of nitrogens with two attached hydrogens (primary N) is 1. The number of hydrogen-bond acceptors (Lipinski definition) is 3. The first-order valence-corrected chi connectivity index (χ1v) is 5.63. The number of nitrogens with zero attached hydrogens (tertiary/aromatic N) is 1. The van der Waals surface area contributed by atoms with Gasteiger partial charge < -0.3 is 15.4 Å². The molecule has 100 valence electrons. The lowest BCUT2D eigenvalue weighted by molar-refractivity contribution is -0.0502. The van der Waals surface area contributed by atoms with Crippen LogP contribution >= 0.6 is 0 Å². The average Bonchev–Trinajstić information content (AvgIpc) is 2.35. The molecule has 0 saturated heterocycles. The van der Waals surface area contributed by atoms with Gasteiger partial charge in [0.25, 0.3) is 5.91 Å². The molecule has 0 aliphatic carbocycles. The Morgan fingerprint density at radius 2 is 2.11 bits per heavy atom. The number of carbonyl (C=O) groups is 1. The number of para-hydroxylation sites is 1. The molecule has 1 rings (SSSR count). The summed E-state index contributed by atoms with van der Waals surface area (Å²) in [6.07, 6.45) is 0. The van der Waals surface area contributed by atoms with Crippen LogP contribution in [0.15, 0.2) is 24.3 Å². The number of amides is 1. The summed E-state index contributed by atoms with van der Waals surface area (Å²) in [5.74, 6) is -0.479. The van der Waals surface area contributed by atoms with E-state index in [9.17, 15) is 13.6 Å². The fourth-order valence-corrected chi connectivity index (χ4v) is 1.57. The molecule has 18 heavy (non-hydrogen) atoms. The second-order valence-corrected chi connectivity index (χ2v) is 3.55. The largest absolute Gasteiger partial charge is 0.434 e. The molecule has 0 aromatic heterocycles. The topological polar surface area (TPSA) is 55.6 Å². The van der Waals surface area contributed by atoms with Crippen LogP contribution in [-0.4, -0.2) is 37.1 Å². The smallest absolute Gasteiger partial charge is 0.387 e. The third-order valence-corrected chi connectivity index (χ3v) is 2.40. The van der Waals surface area contributed by atoms with Crippen LogP contribution in [0.4, 0.5) is 8.78 Å². The van der Waals surface area contributed by atoms with Crippen molar-refractivity contribution < 1.29 is 18.3 Å². The summed E-state index contributed by atoms with van der Waals surface area (Å²) in [6.45, 7) is -0.0116. The quantitative estimate of drug-likeness (QED) is 0.845. The fourth-order valence-electron chi connectivity index (χ4n) is 1.57. The van der Waals surface area contributed by atoms with Gasteiger partial charge in [-0.15, -0.1) is 0 Å². The van der Waals surface area contributed by atoms with E-state index in [1.807, 2.05) is 0 Å². The van der Waals surface area contributed by atoms with Crippen LogP contribution in [0.5, 0.6) is 5.75 Å². The molecule has 0 unspecified atom stereocenters. The number of benzene rings is 1. The van der Waals surface area contributed by atoms with Gasteiger partial charge in [-0.1, -0.05) is 12.1 Å². The Bertz CT molecular complexity index is 399. The molecule has 6 heteroatoms. The lowest BCUT2D eigenvalue weighted by atomic mass is 10.1. The van der Waals surface area contributed by atoms with E-state index in [2.05, 4.69) is 4.74 Å². The minimum Gasteiger partial charge on any atom is -0.434 e. The van der Waals surface area contributed by atoms with Crippen LogP contribution < -0.4 is 10.5 Å². The Hall–Kier alpha value is -1.69. The van der Waals surface area contributed by atoms with Gasteiger partial charge in [0, 0.05) is 19.6 Å². The predicted octanol–water partition coefficient (Wildman–Crippen LogP) is 1.71. The highest BCUT2D eigenvalue weighted by Crippen LogP contribution is 2.21. The van der Waals surface area contributed by atoms with E-state index in [0.29, 0.717) is 19.6 Å². The fraction of sp³-hybridized carbons (Fsp3) is 0.417. The SMILES string of the molecule is CCN(CCN)C(=O)c1ccccc1OC(F)F. The van der Waals surface area contributed by atoms with Crippen LogP contribution in [0.25, 0.3) is 0 Å². The molecule has 2 N–H and O–H groups in total. The summed E-state index contributed by atoms with van der Waals surface area (Å²) in [6, 6.07) is 5.93. The highest BCUT2D eigenvalue weighted by molar-refractivity contribution is 5.96. The number of hydrogen-bond donors (Lipinski definition) is 1. The third-order valence-electron chi connectivity index (χ3n) is 2.40. The molecule has 1 aromatic rings. The maximum atomic E-state index is 12.2. The minimum atomic E-state index is -2.96. The highest BCUT2D eigenvalue weighted by Gasteiger charge is 2.19. The van der Waals surface area contributed by atoms with Crippen LogP contribution in [-0.2, 0) is 0 Å². The first-order valence-electron chi connectivity index (χ1n) is 5.63. The molecule has 0 aliphatic rings. The molecule has 0 heterocycles. The molecule has 0 saturated carbocycles. The van der Waals surface area contributed by atoms with E-state index in [0.717, 1.165) is 0 Å². The number of alkyl halides is 2. The van der Waals surface area contributed by atoms with Crippen molar-refractivity contribution in [2.45, 2.75) is 13.5 Å². The Kier molecular flexibility index (Phi) is 5.51. The number of ether oxygens (including phenoxy) is 1. The van der Waals surface area contributed by atoms with Crippen LogP contribution in [0.1, 0.15) is 17.3 Å². The normalized spacial score (nSPS) is 10.5. The molecule has 0 aliphatic heterocycles. The van der Waals surface area contributed by atoms with Crippen molar-refractivity contribution in [2.75, 3.05) is 19.6 Å². The molecule has 1 aromatic carbocycles. The minimum absolute atomic E-state index is 0.118. The van der Waals surface area contributed by atoms with Gasteiger partial charge in [-0.3, -0.25) is 4.79 Å². The summed E-state index contributed by atoms with van der Waals surface area (Å²) in [7, 11) is 0. The van der Waals surface area contributed by atoms with Gasteiger partial charge in [0.05, 0.1) is 5.56 Å². The second kappa shape index (κ2) is 6.90. The van der Waals surface area contributed by atoms with Gasteiger partial charge in [0.2, 0.25) is 0 Å². The van der Waals surface area contributed by atoms with Crippen molar-refractivity contribution in [3.63, 3.8) is 0 Å². The summed E-state index contributed by atoms with van der Waals surface area (Å²) in [5.41, 5.74) is 5.51. The van der Waals surface area contributed by atoms with Gasteiger partial charge in [-0.05, 0) is 19.1 Å². The zero-order valence-electron chi connectivity index (χ0n) is 10.1. The number of likely N-dealkylation sites (N-methyl/N-ethyl adjacent to an activating group) is 1. The molecular formula is C12H16F2N2O2. The molecule has 0 radical (unpaired) electrons.